The Hall–Kier alpha value is -3.41. The highest BCUT2D eigenvalue weighted by molar-refractivity contribution is 6.06. The number of esters is 1. The van der Waals surface area contributed by atoms with Gasteiger partial charge in [0.15, 0.2) is 12.4 Å². The lowest BCUT2D eigenvalue weighted by Gasteiger charge is -2.16. The topological polar surface area (TPSA) is 81.7 Å². The summed E-state index contributed by atoms with van der Waals surface area (Å²) < 4.78 is 10.2. The van der Waals surface area contributed by atoms with Crippen LogP contribution in [0.5, 0.6) is 5.75 Å². The minimum atomic E-state index is -0.669. The number of carbonyl (C=O) groups is 3. The highest BCUT2D eigenvalue weighted by Crippen LogP contribution is 2.19. The Kier molecular flexibility index (Phi) is 7.31. The number of nitrogens with one attached hydrogen (secondary N) is 1. The van der Waals surface area contributed by atoms with Crippen LogP contribution in [0.4, 0.5) is 5.69 Å². The molecule has 0 spiro atoms. The normalized spacial score (nSPS) is 11.2. The average molecular weight is 395 g/mol. The molecule has 0 atom stereocenters. The number of para-hydroxylation sites is 1. The van der Waals surface area contributed by atoms with E-state index in [9.17, 15) is 14.4 Å². The lowest BCUT2D eigenvalue weighted by molar-refractivity contribution is -0.129. The lowest BCUT2D eigenvalue weighted by atomic mass is 9.91. The Labute approximate surface area is 170 Å². The van der Waals surface area contributed by atoms with E-state index in [4.69, 9.17) is 9.47 Å². The number of Topliss-reactive ketones (excluding diaryl/α,β-unsaturated/α-hetero) is 1. The van der Waals surface area contributed by atoms with Gasteiger partial charge in [-0.1, -0.05) is 45.0 Å². The molecular weight excluding hydrogens is 370 g/mol. The number of anilines is 1. The molecule has 0 heterocycles. The number of rotatable bonds is 7. The molecule has 2 aromatic rings. The van der Waals surface area contributed by atoms with Crippen molar-refractivity contribution in [1.29, 1.82) is 0 Å². The van der Waals surface area contributed by atoms with Crippen molar-refractivity contribution in [3.05, 3.63) is 65.7 Å². The Balaban J connectivity index is 2.03. The molecule has 0 aliphatic rings. The second-order valence-corrected chi connectivity index (χ2v) is 7.39. The van der Waals surface area contributed by atoms with Gasteiger partial charge in [0, 0.05) is 11.5 Å². The van der Waals surface area contributed by atoms with Crippen molar-refractivity contribution >= 4 is 29.4 Å². The van der Waals surface area contributed by atoms with Crippen LogP contribution in [-0.2, 0) is 14.3 Å². The first kappa shape index (κ1) is 21.9. The van der Waals surface area contributed by atoms with Crippen molar-refractivity contribution in [1.82, 2.24) is 0 Å². The number of amides is 1. The van der Waals surface area contributed by atoms with Crippen LogP contribution in [0.3, 0.4) is 0 Å². The summed E-state index contributed by atoms with van der Waals surface area (Å²) in [5.74, 6) is -0.525. The molecule has 0 radical (unpaired) electrons. The van der Waals surface area contributed by atoms with Gasteiger partial charge in [-0.25, -0.2) is 4.79 Å². The van der Waals surface area contributed by atoms with E-state index in [1.165, 1.54) is 12.1 Å². The fourth-order valence-electron chi connectivity index (χ4n) is 2.26. The molecule has 2 aromatic carbocycles. The molecule has 0 aliphatic heterocycles. The maximum atomic E-state index is 12.4. The molecule has 1 amide bonds. The molecule has 152 valence electrons. The van der Waals surface area contributed by atoms with Gasteiger partial charge in [0.25, 0.3) is 0 Å². The van der Waals surface area contributed by atoms with E-state index in [1.54, 1.807) is 64.3 Å². The molecule has 0 unspecified atom stereocenters. The van der Waals surface area contributed by atoms with Crippen LogP contribution in [0.1, 0.15) is 36.7 Å². The lowest BCUT2D eigenvalue weighted by Crippen LogP contribution is -2.26. The summed E-state index contributed by atoms with van der Waals surface area (Å²) in [6, 6.07) is 13.7. The van der Waals surface area contributed by atoms with Crippen LogP contribution in [0.25, 0.3) is 6.08 Å². The zero-order valence-electron chi connectivity index (χ0n) is 17.0. The molecule has 1 N–H and O–H groups in total. The molecule has 29 heavy (non-hydrogen) atoms. The summed E-state index contributed by atoms with van der Waals surface area (Å²) in [5, 5.41) is 2.67. The molecule has 2 rings (SSSR count). The first-order valence-corrected chi connectivity index (χ1v) is 9.13. The molecule has 6 heteroatoms. The van der Waals surface area contributed by atoms with E-state index in [-0.39, 0.29) is 18.0 Å². The Morgan fingerprint density at radius 1 is 1.00 bits per heavy atom. The summed E-state index contributed by atoms with van der Waals surface area (Å²) in [6.45, 7) is 4.95. The first-order chi connectivity index (χ1) is 13.7. The van der Waals surface area contributed by atoms with Crippen molar-refractivity contribution < 1.29 is 23.9 Å². The number of benzene rings is 2. The zero-order valence-corrected chi connectivity index (χ0v) is 17.0. The van der Waals surface area contributed by atoms with Gasteiger partial charge in [-0.15, -0.1) is 0 Å². The molecule has 0 aromatic heterocycles. The number of hydrogen-bond acceptors (Lipinski definition) is 5. The molecule has 0 saturated carbocycles. The monoisotopic (exact) mass is 395 g/mol. The summed E-state index contributed by atoms with van der Waals surface area (Å²) >= 11 is 0. The van der Waals surface area contributed by atoms with Gasteiger partial charge in [-0.05, 0) is 35.9 Å². The fourth-order valence-corrected chi connectivity index (χ4v) is 2.26. The van der Waals surface area contributed by atoms with Gasteiger partial charge < -0.3 is 14.8 Å². The zero-order chi connectivity index (χ0) is 21.4. The standard InChI is InChI=1S/C23H25NO5/c1-23(2,3)20(25)15-29-22(27)18-7-5-6-8-19(18)24-21(26)14-11-16-9-12-17(28-4)13-10-16/h5-14H,15H2,1-4H3,(H,24,26)/b14-11+. The van der Waals surface area contributed by atoms with Gasteiger partial charge in [0.05, 0.1) is 18.4 Å². The minimum absolute atomic E-state index is 0.181. The van der Waals surface area contributed by atoms with Crippen LogP contribution in [0.15, 0.2) is 54.6 Å². The third-order valence-corrected chi connectivity index (χ3v) is 4.12. The van der Waals surface area contributed by atoms with E-state index >= 15 is 0 Å². The average Bonchev–Trinajstić information content (AvgIpc) is 2.70. The van der Waals surface area contributed by atoms with E-state index in [0.29, 0.717) is 5.69 Å². The summed E-state index contributed by atoms with van der Waals surface area (Å²) in [7, 11) is 1.58. The van der Waals surface area contributed by atoms with Crippen LogP contribution >= 0.6 is 0 Å². The molecular formula is C23H25NO5. The van der Waals surface area contributed by atoms with Gasteiger partial charge in [0.1, 0.15) is 5.75 Å². The van der Waals surface area contributed by atoms with E-state index < -0.39 is 17.3 Å². The second-order valence-electron chi connectivity index (χ2n) is 7.39. The van der Waals surface area contributed by atoms with Gasteiger partial charge in [0.2, 0.25) is 5.91 Å². The van der Waals surface area contributed by atoms with Crippen LogP contribution in [0.2, 0.25) is 0 Å². The minimum Gasteiger partial charge on any atom is -0.497 e. The van der Waals surface area contributed by atoms with Crippen molar-refractivity contribution in [2.24, 2.45) is 5.41 Å². The summed E-state index contributed by atoms with van der Waals surface area (Å²) in [5.41, 5.74) is 0.722. The second kappa shape index (κ2) is 9.68. The first-order valence-electron chi connectivity index (χ1n) is 9.13. The molecule has 0 fully saturated rings. The number of methoxy groups -OCH3 is 1. The Morgan fingerprint density at radius 2 is 1.66 bits per heavy atom. The SMILES string of the molecule is COc1ccc(/C=C/C(=O)Nc2ccccc2C(=O)OCC(=O)C(C)(C)C)cc1. The van der Waals surface area contributed by atoms with Crippen molar-refractivity contribution in [3.63, 3.8) is 0 Å². The number of ether oxygens (including phenoxy) is 2. The third kappa shape index (κ3) is 6.60. The van der Waals surface area contributed by atoms with Gasteiger partial charge >= 0.3 is 5.97 Å². The highest BCUT2D eigenvalue weighted by atomic mass is 16.5. The maximum absolute atomic E-state index is 12.4. The fraction of sp³-hybridized carbons (Fsp3) is 0.261. The van der Waals surface area contributed by atoms with Crippen LogP contribution in [-0.4, -0.2) is 31.4 Å². The predicted molar refractivity (Wildman–Crippen MR) is 112 cm³/mol. The van der Waals surface area contributed by atoms with E-state index in [1.807, 2.05) is 12.1 Å². The summed E-state index contributed by atoms with van der Waals surface area (Å²) in [4.78, 5) is 36.6. The number of hydrogen-bond donors (Lipinski definition) is 1. The van der Waals surface area contributed by atoms with Gasteiger partial charge in [-0.3, -0.25) is 9.59 Å². The third-order valence-electron chi connectivity index (χ3n) is 4.12. The Bertz CT molecular complexity index is 908. The van der Waals surface area contributed by atoms with Crippen LogP contribution in [0, 0.1) is 5.41 Å². The quantitative estimate of drug-likeness (QED) is 0.563. The molecule has 0 saturated heterocycles. The number of ketones is 1. The largest absolute Gasteiger partial charge is 0.497 e. The highest BCUT2D eigenvalue weighted by Gasteiger charge is 2.23. The van der Waals surface area contributed by atoms with Crippen molar-refractivity contribution in [3.8, 4) is 5.75 Å². The number of carbonyl (C=O) groups excluding carboxylic acids is 3. The molecule has 0 aliphatic carbocycles. The van der Waals surface area contributed by atoms with Crippen molar-refractivity contribution in [2.45, 2.75) is 20.8 Å². The van der Waals surface area contributed by atoms with Crippen LogP contribution < -0.4 is 10.1 Å². The predicted octanol–water partition coefficient (Wildman–Crippen LogP) is 4.12. The van der Waals surface area contributed by atoms with E-state index in [0.717, 1.165) is 11.3 Å². The van der Waals surface area contributed by atoms with Gasteiger partial charge in [-0.2, -0.15) is 0 Å². The maximum Gasteiger partial charge on any atom is 0.340 e. The molecule has 0 bridgehead atoms. The van der Waals surface area contributed by atoms with Crippen molar-refractivity contribution in [2.75, 3.05) is 19.0 Å². The summed E-state index contributed by atoms with van der Waals surface area (Å²) in [6.07, 6.45) is 3.02. The smallest absolute Gasteiger partial charge is 0.340 e. The Morgan fingerprint density at radius 3 is 2.28 bits per heavy atom. The van der Waals surface area contributed by atoms with E-state index in [2.05, 4.69) is 5.32 Å². The molecule has 6 nitrogen and oxygen atoms in total.